The molecular formula is C19H27N7. The van der Waals surface area contributed by atoms with Crippen LogP contribution in [0.25, 0.3) is 0 Å². The van der Waals surface area contributed by atoms with Gasteiger partial charge in [-0.05, 0) is 51.2 Å². The highest BCUT2D eigenvalue weighted by Crippen LogP contribution is 2.24. The van der Waals surface area contributed by atoms with Crippen LogP contribution in [-0.4, -0.2) is 52.9 Å². The number of rotatable bonds is 4. The van der Waals surface area contributed by atoms with Crippen LogP contribution in [0.4, 0.5) is 17.6 Å². The largest absolute Gasteiger partial charge is 0.354 e. The van der Waals surface area contributed by atoms with Gasteiger partial charge in [-0.15, -0.1) is 5.10 Å². The Labute approximate surface area is 154 Å². The summed E-state index contributed by atoms with van der Waals surface area (Å²) in [5.74, 6) is 2.74. The molecule has 0 saturated carbocycles. The summed E-state index contributed by atoms with van der Waals surface area (Å²) in [6.07, 6.45) is 4.74. The molecule has 0 bridgehead atoms. The Balaban J connectivity index is 1.44. The molecule has 26 heavy (non-hydrogen) atoms. The molecule has 3 heterocycles. The van der Waals surface area contributed by atoms with Crippen LogP contribution in [0.3, 0.4) is 0 Å². The monoisotopic (exact) mass is 353 g/mol. The van der Waals surface area contributed by atoms with E-state index < -0.39 is 0 Å². The van der Waals surface area contributed by atoms with Crippen LogP contribution in [0, 0.1) is 6.92 Å². The van der Waals surface area contributed by atoms with Gasteiger partial charge in [-0.3, -0.25) is 0 Å². The standard InChI is InChI=1S/C19H27N7/c1-3-20-19-21-14(2)12-17(22-19)25-8-10-26(11-9-25)18-13-15-6-4-5-7-16(15)23-24-18/h12-13H,3-11H2,1-2H3,(H,20,21,22). The zero-order chi connectivity index (χ0) is 17.9. The van der Waals surface area contributed by atoms with Gasteiger partial charge in [0.05, 0.1) is 5.69 Å². The fourth-order valence-corrected chi connectivity index (χ4v) is 3.75. The molecule has 7 nitrogen and oxygen atoms in total. The van der Waals surface area contributed by atoms with Gasteiger partial charge in [0.2, 0.25) is 5.95 Å². The maximum absolute atomic E-state index is 4.66. The predicted molar refractivity (Wildman–Crippen MR) is 104 cm³/mol. The van der Waals surface area contributed by atoms with Gasteiger partial charge in [0.15, 0.2) is 5.82 Å². The van der Waals surface area contributed by atoms with E-state index in [1.54, 1.807) is 0 Å². The molecule has 0 amide bonds. The average Bonchev–Trinajstić information content (AvgIpc) is 2.67. The summed E-state index contributed by atoms with van der Waals surface area (Å²) in [5, 5.41) is 12.2. The Kier molecular flexibility index (Phi) is 4.86. The van der Waals surface area contributed by atoms with E-state index in [9.17, 15) is 0 Å². The van der Waals surface area contributed by atoms with E-state index in [2.05, 4.69) is 54.3 Å². The molecule has 0 aromatic carbocycles. The SMILES string of the molecule is CCNc1nc(C)cc(N2CCN(c3cc4c(nn3)CCCC4)CC2)n1. The minimum Gasteiger partial charge on any atom is -0.354 e. The van der Waals surface area contributed by atoms with Gasteiger partial charge in [0.25, 0.3) is 0 Å². The summed E-state index contributed by atoms with van der Waals surface area (Å²) < 4.78 is 0. The molecule has 0 atom stereocenters. The molecule has 4 rings (SSSR count). The van der Waals surface area contributed by atoms with Crippen molar-refractivity contribution in [2.24, 2.45) is 0 Å². The lowest BCUT2D eigenvalue weighted by Gasteiger charge is -2.36. The van der Waals surface area contributed by atoms with Crippen molar-refractivity contribution < 1.29 is 0 Å². The van der Waals surface area contributed by atoms with Gasteiger partial charge in [0.1, 0.15) is 5.82 Å². The quantitative estimate of drug-likeness (QED) is 0.903. The third-order valence-electron chi connectivity index (χ3n) is 5.16. The van der Waals surface area contributed by atoms with Gasteiger partial charge >= 0.3 is 0 Å². The van der Waals surface area contributed by atoms with Crippen molar-refractivity contribution in [3.63, 3.8) is 0 Å². The van der Waals surface area contributed by atoms with Crippen molar-refractivity contribution in [3.8, 4) is 0 Å². The number of piperazine rings is 1. The van der Waals surface area contributed by atoms with Crippen molar-refractivity contribution in [3.05, 3.63) is 29.1 Å². The number of hydrogen-bond acceptors (Lipinski definition) is 7. The molecular weight excluding hydrogens is 326 g/mol. The van der Waals surface area contributed by atoms with Crippen LogP contribution in [0.15, 0.2) is 12.1 Å². The van der Waals surface area contributed by atoms with Crippen molar-refractivity contribution >= 4 is 17.6 Å². The van der Waals surface area contributed by atoms with Crippen LogP contribution in [0.1, 0.15) is 36.7 Å². The second kappa shape index (κ2) is 7.43. The Morgan fingerprint density at radius 1 is 0.923 bits per heavy atom. The van der Waals surface area contributed by atoms with E-state index in [1.807, 2.05) is 6.92 Å². The number of hydrogen-bond donors (Lipinski definition) is 1. The van der Waals surface area contributed by atoms with Crippen LogP contribution in [-0.2, 0) is 12.8 Å². The highest BCUT2D eigenvalue weighted by molar-refractivity contribution is 5.48. The molecule has 1 fully saturated rings. The molecule has 1 saturated heterocycles. The molecule has 1 aliphatic carbocycles. The molecule has 0 spiro atoms. The van der Waals surface area contributed by atoms with Gasteiger partial charge < -0.3 is 15.1 Å². The molecule has 0 radical (unpaired) electrons. The fourth-order valence-electron chi connectivity index (χ4n) is 3.75. The summed E-state index contributed by atoms with van der Waals surface area (Å²) in [6.45, 7) is 8.64. The molecule has 2 aromatic rings. The van der Waals surface area contributed by atoms with Gasteiger partial charge in [-0.25, -0.2) is 4.98 Å². The van der Waals surface area contributed by atoms with E-state index in [-0.39, 0.29) is 0 Å². The lowest BCUT2D eigenvalue weighted by Crippen LogP contribution is -2.47. The lowest BCUT2D eigenvalue weighted by molar-refractivity contribution is 0.623. The highest BCUT2D eigenvalue weighted by atomic mass is 15.3. The van der Waals surface area contributed by atoms with E-state index in [4.69, 9.17) is 0 Å². The zero-order valence-electron chi connectivity index (χ0n) is 15.7. The lowest BCUT2D eigenvalue weighted by atomic mass is 9.97. The third-order valence-corrected chi connectivity index (χ3v) is 5.16. The summed E-state index contributed by atoms with van der Waals surface area (Å²) in [7, 11) is 0. The maximum atomic E-state index is 4.66. The van der Waals surface area contributed by atoms with Crippen molar-refractivity contribution in [2.45, 2.75) is 39.5 Å². The molecule has 2 aromatic heterocycles. The number of fused-ring (bicyclic) bond motifs is 1. The second-order valence-corrected chi connectivity index (χ2v) is 7.08. The number of aromatic nitrogens is 4. The van der Waals surface area contributed by atoms with Crippen molar-refractivity contribution in [1.82, 2.24) is 20.2 Å². The van der Waals surface area contributed by atoms with Crippen LogP contribution < -0.4 is 15.1 Å². The van der Waals surface area contributed by atoms with Crippen LogP contribution in [0.2, 0.25) is 0 Å². The topological polar surface area (TPSA) is 70.1 Å². The first-order chi connectivity index (χ1) is 12.7. The van der Waals surface area contributed by atoms with Crippen molar-refractivity contribution in [2.75, 3.05) is 47.8 Å². The number of nitrogens with one attached hydrogen (secondary N) is 1. The molecule has 2 aliphatic rings. The van der Waals surface area contributed by atoms with Gasteiger partial charge in [0, 0.05) is 44.5 Å². The highest BCUT2D eigenvalue weighted by Gasteiger charge is 2.21. The zero-order valence-corrected chi connectivity index (χ0v) is 15.7. The maximum Gasteiger partial charge on any atom is 0.224 e. The Bertz CT molecular complexity index is 768. The first kappa shape index (κ1) is 17.0. The first-order valence-electron chi connectivity index (χ1n) is 9.68. The molecule has 1 N–H and O–H groups in total. The van der Waals surface area contributed by atoms with E-state index >= 15 is 0 Å². The molecule has 0 unspecified atom stereocenters. The Morgan fingerprint density at radius 3 is 2.42 bits per heavy atom. The summed E-state index contributed by atoms with van der Waals surface area (Å²) in [4.78, 5) is 13.8. The predicted octanol–water partition coefficient (Wildman–Crippen LogP) is 2.21. The third kappa shape index (κ3) is 3.57. The second-order valence-electron chi connectivity index (χ2n) is 7.08. The Morgan fingerprint density at radius 2 is 1.65 bits per heavy atom. The first-order valence-corrected chi connectivity index (χ1v) is 9.68. The Hall–Kier alpha value is -2.44. The smallest absolute Gasteiger partial charge is 0.224 e. The molecule has 1 aliphatic heterocycles. The summed E-state index contributed by atoms with van der Waals surface area (Å²) in [6, 6.07) is 4.32. The molecule has 7 heteroatoms. The normalized spacial score (nSPS) is 17.2. The number of anilines is 3. The van der Waals surface area contributed by atoms with E-state index in [0.717, 1.165) is 62.9 Å². The number of aryl methyl sites for hydroxylation is 3. The van der Waals surface area contributed by atoms with Gasteiger partial charge in [-0.2, -0.15) is 10.1 Å². The minimum atomic E-state index is 0.713. The van der Waals surface area contributed by atoms with Crippen molar-refractivity contribution in [1.29, 1.82) is 0 Å². The summed E-state index contributed by atoms with van der Waals surface area (Å²) in [5.41, 5.74) is 3.59. The molecule has 138 valence electrons. The average molecular weight is 353 g/mol. The van der Waals surface area contributed by atoms with Crippen LogP contribution >= 0.6 is 0 Å². The van der Waals surface area contributed by atoms with E-state index in [1.165, 1.54) is 24.1 Å². The minimum absolute atomic E-state index is 0.713. The number of nitrogens with zero attached hydrogens (tertiary/aromatic N) is 6. The van der Waals surface area contributed by atoms with Crippen LogP contribution in [0.5, 0.6) is 0 Å². The summed E-state index contributed by atoms with van der Waals surface area (Å²) >= 11 is 0. The fraction of sp³-hybridized carbons (Fsp3) is 0.579. The van der Waals surface area contributed by atoms with E-state index in [0.29, 0.717) is 5.95 Å². The van der Waals surface area contributed by atoms with Gasteiger partial charge in [-0.1, -0.05) is 0 Å².